The molecule has 1 heterocycles. The molecule has 0 aromatic heterocycles. The van der Waals surface area contributed by atoms with Crippen LogP contribution in [0.5, 0.6) is 0 Å². The van der Waals surface area contributed by atoms with Crippen molar-refractivity contribution < 1.29 is 32.0 Å². The van der Waals surface area contributed by atoms with Gasteiger partial charge in [-0.3, -0.25) is 0 Å². The molecule has 1 saturated heterocycles. The zero-order chi connectivity index (χ0) is 19.0. The van der Waals surface area contributed by atoms with Gasteiger partial charge in [0.15, 0.2) is 0 Å². The van der Waals surface area contributed by atoms with Crippen LogP contribution in [0.2, 0.25) is 0 Å². The Morgan fingerprint density at radius 2 is 1.72 bits per heavy atom. The standard InChI is InChI=1S/C17H20BF3O4/c1-15(2)16(3,4)25-18(24-15)12-8-6-11(7-9-14(22)23-5)13(10-12)17(19,20)21/h6-10H,1-5H3. The quantitative estimate of drug-likeness (QED) is 0.474. The van der Waals surface area contributed by atoms with Crippen molar-refractivity contribution in [1.82, 2.24) is 0 Å². The summed E-state index contributed by atoms with van der Waals surface area (Å²) < 4.78 is 56.2. The van der Waals surface area contributed by atoms with E-state index in [-0.39, 0.29) is 11.0 Å². The number of rotatable bonds is 3. The molecule has 0 radical (unpaired) electrons. The summed E-state index contributed by atoms with van der Waals surface area (Å²) in [6, 6.07) is 3.76. The van der Waals surface area contributed by atoms with E-state index in [2.05, 4.69) is 4.74 Å². The number of alkyl halides is 3. The van der Waals surface area contributed by atoms with E-state index in [1.807, 2.05) is 27.7 Å². The first-order valence-electron chi connectivity index (χ1n) is 7.70. The van der Waals surface area contributed by atoms with Gasteiger partial charge < -0.3 is 14.0 Å². The zero-order valence-corrected chi connectivity index (χ0v) is 14.7. The number of carbonyl (C=O) groups excluding carboxylic acids is 1. The van der Waals surface area contributed by atoms with Gasteiger partial charge in [-0.2, -0.15) is 13.2 Å². The molecule has 1 aliphatic heterocycles. The Kier molecular flexibility index (Phi) is 5.07. The molecular formula is C17H20BF3O4. The van der Waals surface area contributed by atoms with Crippen LogP contribution in [0.15, 0.2) is 24.3 Å². The van der Waals surface area contributed by atoms with Crippen molar-refractivity contribution in [3.8, 4) is 0 Å². The highest BCUT2D eigenvalue weighted by Gasteiger charge is 2.52. The lowest BCUT2D eigenvalue weighted by molar-refractivity contribution is -0.138. The third-order valence-corrected chi connectivity index (χ3v) is 4.51. The van der Waals surface area contributed by atoms with Gasteiger partial charge in [-0.05, 0) is 50.9 Å². The van der Waals surface area contributed by atoms with E-state index in [9.17, 15) is 18.0 Å². The Bertz CT molecular complexity index is 680. The summed E-state index contributed by atoms with van der Waals surface area (Å²) in [5.74, 6) is -0.733. The number of hydrogen-bond donors (Lipinski definition) is 0. The minimum Gasteiger partial charge on any atom is -0.466 e. The Balaban J connectivity index is 2.41. The second-order valence-electron chi connectivity index (χ2n) is 6.79. The highest BCUT2D eigenvalue weighted by atomic mass is 19.4. The van der Waals surface area contributed by atoms with Gasteiger partial charge >= 0.3 is 19.3 Å². The van der Waals surface area contributed by atoms with Crippen molar-refractivity contribution in [2.24, 2.45) is 0 Å². The number of benzene rings is 1. The average molecular weight is 356 g/mol. The molecule has 1 fully saturated rings. The molecule has 0 unspecified atom stereocenters. The van der Waals surface area contributed by atoms with Crippen LogP contribution in [0.1, 0.15) is 38.8 Å². The van der Waals surface area contributed by atoms with Crippen LogP contribution in [-0.4, -0.2) is 31.4 Å². The molecular weight excluding hydrogens is 336 g/mol. The van der Waals surface area contributed by atoms with E-state index < -0.39 is 36.0 Å². The summed E-state index contributed by atoms with van der Waals surface area (Å²) in [5, 5.41) is 0. The molecule has 136 valence electrons. The predicted molar refractivity (Wildman–Crippen MR) is 88.2 cm³/mol. The molecule has 0 atom stereocenters. The van der Waals surface area contributed by atoms with Gasteiger partial charge in [-0.25, -0.2) is 4.79 Å². The van der Waals surface area contributed by atoms with E-state index in [0.29, 0.717) is 0 Å². The number of halogens is 3. The fourth-order valence-corrected chi connectivity index (χ4v) is 2.32. The van der Waals surface area contributed by atoms with E-state index in [1.54, 1.807) is 0 Å². The molecule has 0 bridgehead atoms. The Morgan fingerprint density at radius 1 is 1.16 bits per heavy atom. The molecule has 1 aliphatic rings. The van der Waals surface area contributed by atoms with E-state index in [4.69, 9.17) is 9.31 Å². The third-order valence-electron chi connectivity index (χ3n) is 4.51. The largest absolute Gasteiger partial charge is 0.494 e. The molecule has 0 saturated carbocycles. The van der Waals surface area contributed by atoms with E-state index >= 15 is 0 Å². The number of methoxy groups -OCH3 is 1. The number of carbonyl (C=O) groups is 1. The van der Waals surface area contributed by atoms with Crippen molar-refractivity contribution in [1.29, 1.82) is 0 Å². The second-order valence-corrected chi connectivity index (χ2v) is 6.79. The lowest BCUT2D eigenvalue weighted by Gasteiger charge is -2.32. The molecule has 0 N–H and O–H groups in total. The minimum absolute atomic E-state index is 0.141. The first-order chi connectivity index (χ1) is 11.4. The Morgan fingerprint density at radius 3 is 2.20 bits per heavy atom. The average Bonchev–Trinajstić information content (AvgIpc) is 2.72. The fourth-order valence-electron chi connectivity index (χ4n) is 2.32. The third kappa shape index (κ3) is 4.07. The Labute approximate surface area is 145 Å². The smallest absolute Gasteiger partial charge is 0.466 e. The summed E-state index contributed by atoms with van der Waals surface area (Å²) >= 11 is 0. The van der Waals surface area contributed by atoms with Crippen molar-refractivity contribution in [2.45, 2.75) is 45.1 Å². The zero-order valence-electron chi connectivity index (χ0n) is 14.7. The van der Waals surface area contributed by atoms with Crippen molar-refractivity contribution in [3.05, 3.63) is 35.4 Å². The molecule has 2 rings (SSSR count). The van der Waals surface area contributed by atoms with Gasteiger partial charge in [0.2, 0.25) is 0 Å². The maximum absolute atomic E-state index is 13.4. The molecule has 25 heavy (non-hydrogen) atoms. The molecule has 8 heteroatoms. The van der Waals surface area contributed by atoms with Crippen LogP contribution in [0, 0.1) is 0 Å². The summed E-state index contributed by atoms with van der Waals surface area (Å²) in [6.07, 6.45) is -2.57. The summed E-state index contributed by atoms with van der Waals surface area (Å²) in [5.41, 5.74) is -2.06. The van der Waals surface area contributed by atoms with E-state index in [1.165, 1.54) is 12.1 Å². The van der Waals surface area contributed by atoms with Crippen LogP contribution in [0.25, 0.3) is 6.08 Å². The van der Waals surface area contributed by atoms with Gasteiger partial charge in [0, 0.05) is 6.08 Å². The molecule has 0 spiro atoms. The number of esters is 1. The van der Waals surface area contributed by atoms with Gasteiger partial charge in [-0.15, -0.1) is 0 Å². The van der Waals surface area contributed by atoms with Gasteiger partial charge in [-0.1, -0.05) is 12.1 Å². The first-order valence-corrected chi connectivity index (χ1v) is 7.70. The first kappa shape index (κ1) is 19.5. The SMILES string of the molecule is COC(=O)C=Cc1ccc(B2OC(C)(C)C(C)(C)O2)cc1C(F)(F)F. The van der Waals surface area contributed by atoms with Crippen molar-refractivity contribution in [2.75, 3.05) is 7.11 Å². The van der Waals surface area contributed by atoms with Crippen LogP contribution < -0.4 is 5.46 Å². The highest BCUT2D eigenvalue weighted by Crippen LogP contribution is 2.37. The maximum atomic E-state index is 13.4. The molecule has 4 nitrogen and oxygen atoms in total. The van der Waals surface area contributed by atoms with Crippen LogP contribution in [-0.2, 0) is 25.0 Å². The second kappa shape index (κ2) is 6.50. The summed E-state index contributed by atoms with van der Waals surface area (Å²) in [6.45, 7) is 7.30. The van der Waals surface area contributed by atoms with E-state index in [0.717, 1.165) is 25.3 Å². The number of ether oxygens (including phenoxy) is 1. The van der Waals surface area contributed by atoms with Crippen molar-refractivity contribution >= 4 is 24.6 Å². The predicted octanol–water partition coefficient (Wildman–Crippen LogP) is 3.19. The molecule has 0 aliphatic carbocycles. The lowest BCUT2D eigenvalue weighted by atomic mass is 9.77. The van der Waals surface area contributed by atoms with Gasteiger partial charge in [0.05, 0.1) is 23.9 Å². The minimum atomic E-state index is -4.59. The monoisotopic (exact) mass is 356 g/mol. The molecule has 1 aromatic carbocycles. The fraction of sp³-hybridized carbons (Fsp3) is 0.471. The van der Waals surface area contributed by atoms with Gasteiger partial charge in [0.1, 0.15) is 0 Å². The summed E-state index contributed by atoms with van der Waals surface area (Å²) in [7, 11) is 0.253. The summed E-state index contributed by atoms with van der Waals surface area (Å²) in [4.78, 5) is 11.1. The normalized spacial score (nSPS) is 19.4. The van der Waals surface area contributed by atoms with Crippen LogP contribution >= 0.6 is 0 Å². The van der Waals surface area contributed by atoms with Crippen molar-refractivity contribution in [3.63, 3.8) is 0 Å². The van der Waals surface area contributed by atoms with Crippen LogP contribution in [0.3, 0.4) is 0 Å². The Hall–Kier alpha value is -1.80. The topological polar surface area (TPSA) is 44.8 Å². The lowest BCUT2D eigenvalue weighted by Crippen LogP contribution is -2.41. The molecule has 0 amide bonds. The van der Waals surface area contributed by atoms with Crippen LogP contribution in [0.4, 0.5) is 13.2 Å². The highest BCUT2D eigenvalue weighted by molar-refractivity contribution is 6.62. The maximum Gasteiger partial charge on any atom is 0.494 e. The van der Waals surface area contributed by atoms with Gasteiger partial charge in [0.25, 0.3) is 0 Å². The molecule has 1 aromatic rings. The number of hydrogen-bond acceptors (Lipinski definition) is 4.